The molecule has 1 saturated heterocycles. The second-order valence-electron chi connectivity index (χ2n) is 3.67. The zero-order valence-corrected chi connectivity index (χ0v) is 9.16. The van der Waals surface area contributed by atoms with E-state index in [0.29, 0.717) is 13.0 Å². The Kier molecular flexibility index (Phi) is 3.19. The zero-order valence-electron chi connectivity index (χ0n) is 9.16. The molecule has 1 aliphatic rings. The summed E-state index contributed by atoms with van der Waals surface area (Å²) < 4.78 is 0. The van der Waals surface area contributed by atoms with Gasteiger partial charge in [-0.2, -0.15) is 0 Å². The molecule has 1 atom stereocenters. The predicted molar refractivity (Wildman–Crippen MR) is 61.2 cm³/mol. The van der Waals surface area contributed by atoms with Crippen molar-refractivity contribution in [1.82, 2.24) is 15.3 Å². The molecule has 6 heteroatoms. The first kappa shape index (κ1) is 10.7. The molecule has 2 heterocycles. The Hall–Kier alpha value is -1.85. The summed E-state index contributed by atoms with van der Waals surface area (Å²) in [5.74, 6) is 1.61. The van der Waals surface area contributed by atoms with Crippen molar-refractivity contribution < 1.29 is 4.79 Å². The molecule has 0 radical (unpaired) electrons. The SMILES string of the molecule is CCNc1cc(NC2CNC(=O)C2)ncn1. The number of nitrogens with one attached hydrogen (secondary N) is 3. The van der Waals surface area contributed by atoms with Gasteiger partial charge in [0, 0.05) is 25.6 Å². The predicted octanol–water partition coefficient (Wildman–Crippen LogP) is 0.209. The molecular formula is C10H15N5O. The Morgan fingerprint density at radius 3 is 3.00 bits per heavy atom. The summed E-state index contributed by atoms with van der Waals surface area (Å²) >= 11 is 0. The molecule has 0 aliphatic carbocycles. The van der Waals surface area contributed by atoms with Gasteiger partial charge < -0.3 is 16.0 Å². The lowest BCUT2D eigenvalue weighted by Gasteiger charge is -2.11. The summed E-state index contributed by atoms with van der Waals surface area (Å²) in [5.41, 5.74) is 0. The van der Waals surface area contributed by atoms with Crippen LogP contribution < -0.4 is 16.0 Å². The fourth-order valence-electron chi connectivity index (χ4n) is 1.63. The summed E-state index contributed by atoms with van der Waals surface area (Å²) in [5, 5.41) is 9.07. The van der Waals surface area contributed by atoms with Gasteiger partial charge in [-0.25, -0.2) is 9.97 Å². The van der Waals surface area contributed by atoms with Crippen molar-refractivity contribution in [3.63, 3.8) is 0 Å². The van der Waals surface area contributed by atoms with Crippen molar-refractivity contribution in [3.8, 4) is 0 Å². The Bertz CT molecular complexity index is 381. The molecule has 1 aromatic rings. The van der Waals surface area contributed by atoms with E-state index in [9.17, 15) is 4.79 Å². The van der Waals surface area contributed by atoms with Crippen LogP contribution in [-0.4, -0.2) is 35.0 Å². The Labute approximate surface area is 93.9 Å². The quantitative estimate of drug-likeness (QED) is 0.677. The number of hydrogen-bond acceptors (Lipinski definition) is 5. The monoisotopic (exact) mass is 221 g/mol. The first-order valence-corrected chi connectivity index (χ1v) is 5.37. The number of hydrogen-bond donors (Lipinski definition) is 3. The van der Waals surface area contributed by atoms with Crippen LogP contribution in [0.3, 0.4) is 0 Å². The summed E-state index contributed by atoms with van der Waals surface area (Å²) in [7, 11) is 0. The molecule has 86 valence electrons. The van der Waals surface area contributed by atoms with E-state index >= 15 is 0 Å². The Morgan fingerprint density at radius 1 is 1.50 bits per heavy atom. The molecule has 0 saturated carbocycles. The Balaban J connectivity index is 1.98. The molecule has 0 aromatic carbocycles. The summed E-state index contributed by atoms with van der Waals surface area (Å²) in [6.07, 6.45) is 2.01. The average molecular weight is 221 g/mol. The minimum Gasteiger partial charge on any atom is -0.370 e. The van der Waals surface area contributed by atoms with Crippen molar-refractivity contribution in [3.05, 3.63) is 12.4 Å². The summed E-state index contributed by atoms with van der Waals surface area (Å²) in [6.45, 7) is 3.48. The van der Waals surface area contributed by atoms with E-state index in [1.54, 1.807) is 0 Å². The number of nitrogens with zero attached hydrogens (tertiary/aromatic N) is 2. The lowest BCUT2D eigenvalue weighted by atomic mass is 10.2. The maximum absolute atomic E-state index is 11.0. The first-order chi connectivity index (χ1) is 7.78. The average Bonchev–Trinajstić information content (AvgIpc) is 2.65. The number of anilines is 2. The number of carbonyl (C=O) groups is 1. The normalized spacial score (nSPS) is 19.3. The van der Waals surface area contributed by atoms with Gasteiger partial charge in [0.15, 0.2) is 0 Å². The third-order valence-electron chi connectivity index (χ3n) is 2.35. The van der Waals surface area contributed by atoms with Gasteiger partial charge in [-0.15, -0.1) is 0 Å². The molecule has 1 unspecified atom stereocenters. The van der Waals surface area contributed by atoms with Gasteiger partial charge in [0.1, 0.15) is 18.0 Å². The highest BCUT2D eigenvalue weighted by molar-refractivity contribution is 5.79. The third kappa shape index (κ3) is 2.59. The highest BCUT2D eigenvalue weighted by Crippen LogP contribution is 2.12. The van der Waals surface area contributed by atoms with E-state index in [1.807, 2.05) is 13.0 Å². The fraction of sp³-hybridized carbons (Fsp3) is 0.500. The van der Waals surface area contributed by atoms with E-state index in [4.69, 9.17) is 0 Å². The molecule has 2 rings (SSSR count). The highest BCUT2D eigenvalue weighted by Gasteiger charge is 2.21. The molecule has 1 aliphatic heterocycles. The lowest BCUT2D eigenvalue weighted by Crippen LogP contribution is -2.23. The van der Waals surface area contributed by atoms with Gasteiger partial charge in [0.25, 0.3) is 0 Å². The van der Waals surface area contributed by atoms with Gasteiger partial charge in [-0.3, -0.25) is 4.79 Å². The van der Waals surface area contributed by atoms with Crippen molar-refractivity contribution >= 4 is 17.5 Å². The molecule has 6 nitrogen and oxygen atoms in total. The van der Waals surface area contributed by atoms with Crippen LogP contribution in [0.2, 0.25) is 0 Å². The van der Waals surface area contributed by atoms with Crippen LogP contribution in [0.4, 0.5) is 11.6 Å². The van der Waals surface area contributed by atoms with Crippen LogP contribution in [0.15, 0.2) is 12.4 Å². The number of amides is 1. The van der Waals surface area contributed by atoms with Crippen LogP contribution in [0.1, 0.15) is 13.3 Å². The van der Waals surface area contributed by atoms with E-state index in [2.05, 4.69) is 25.9 Å². The van der Waals surface area contributed by atoms with Crippen LogP contribution in [-0.2, 0) is 4.79 Å². The molecule has 1 aromatic heterocycles. The first-order valence-electron chi connectivity index (χ1n) is 5.37. The van der Waals surface area contributed by atoms with Crippen molar-refractivity contribution in [2.24, 2.45) is 0 Å². The van der Waals surface area contributed by atoms with Gasteiger partial charge in [-0.05, 0) is 6.92 Å². The maximum atomic E-state index is 11.0. The third-order valence-corrected chi connectivity index (χ3v) is 2.35. The minimum absolute atomic E-state index is 0.0819. The molecule has 3 N–H and O–H groups in total. The summed E-state index contributed by atoms with van der Waals surface area (Å²) in [4.78, 5) is 19.2. The standard InChI is InChI=1S/C10H15N5O/c1-2-11-8-4-9(14-6-13-8)15-7-3-10(16)12-5-7/h4,6-7H,2-3,5H2,1H3,(H,12,16)(H2,11,13,14,15). The van der Waals surface area contributed by atoms with E-state index in [-0.39, 0.29) is 11.9 Å². The van der Waals surface area contributed by atoms with E-state index < -0.39 is 0 Å². The van der Waals surface area contributed by atoms with Gasteiger partial charge >= 0.3 is 0 Å². The van der Waals surface area contributed by atoms with Crippen LogP contribution >= 0.6 is 0 Å². The van der Waals surface area contributed by atoms with Crippen LogP contribution in [0.5, 0.6) is 0 Å². The molecular weight excluding hydrogens is 206 g/mol. The Morgan fingerprint density at radius 2 is 2.31 bits per heavy atom. The maximum Gasteiger partial charge on any atom is 0.222 e. The van der Waals surface area contributed by atoms with Crippen molar-refractivity contribution in [1.29, 1.82) is 0 Å². The second-order valence-corrected chi connectivity index (χ2v) is 3.67. The number of carbonyl (C=O) groups excluding carboxylic acids is 1. The van der Waals surface area contributed by atoms with Crippen molar-refractivity contribution in [2.75, 3.05) is 23.7 Å². The molecule has 0 bridgehead atoms. The molecule has 16 heavy (non-hydrogen) atoms. The van der Waals surface area contributed by atoms with Gasteiger partial charge in [0.2, 0.25) is 5.91 Å². The number of aromatic nitrogens is 2. The van der Waals surface area contributed by atoms with Crippen molar-refractivity contribution in [2.45, 2.75) is 19.4 Å². The van der Waals surface area contributed by atoms with Crippen LogP contribution in [0, 0.1) is 0 Å². The zero-order chi connectivity index (χ0) is 11.4. The topological polar surface area (TPSA) is 78.9 Å². The highest BCUT2D eigenvalue weighted by atomic mass is 16.1. The minimum atomic E-state index is 0.0819. The fourth-order valence-corrected chi connectivity index (χ4v) is 1.63. The summed E-state index contributed by atoms with van der Waals surface area (Å²) in [6, 6.07) is 1.96. The molecule has 1 amide bonds. The molecule has 1 fully saturated rings. The number of rotatable bonds is 4. The second kappa shape index (κ2) is 4.78. The van der Waals surface area contributed by atoms with E-state index in [1.165, 1.54) is 6.33 Å². The van der Waals surface area contributed by atoms with Gasteiger partial charge in [-0.1, -0.05) is 0 Å². The smallest absolute Gasteiger partial charge is 0.222 e. The van der Waals surface area contributed by atoms with E-state index in [0.717, 1.165) is 18.2 Å². The van der Waals surface area contributed by atoms with Crippen LogP contribution in [0.25, 0.3) is 0 Å². The van der Waals surface area contributed by atoms with Gasteiger partial charge in [0.05, 0.1) is 6.04 Å². The lowest BCUT2D eigenvalue weighted by molar-refractivity contribution is -0.119. The largest absolute Gasteiger partial charge is 0.370 e. The molecule has 0 spiro atoms.